The first-order valence-electron chi connectivity index (χ1n) is 20.9. The molecule has 0 fully saturated rings. The molecule has 0 spiro atoms. The summed E-state index contributed by atoms with van der Waals surface area (Å²) in [6.45, 7) is 2.33. The van der Waals surface area contributed by atoms with E-state index in [0.717, 1.165) is 64.2 Å². The number of esters is 3. The van der Waals surface area contributed by atoms with E-state index >= 15 is 0 Å². The molecule has 13 nitrogen and oxygen atoms in total. The van der Waals surface area contributed by atoms with Crippen molar-refractivity contribution >= 4 is 31.4 Å². The van der Waals surface area contributed by atoms with Crippen LogP contribution < -0.4 is 0 Å². The van der Waals surface area contributed by atoms with Gasteiger partial charge in [0.1, 0.15) is 25.3 Å². The molecule has 2 atom stereocenters. The van der Waals surface area contributed by atoms with Crippen LogP contribution in [0.3, 0.4) is 0 Å². The number of carbonyl (C=O) groups is 3. The summed E-state index contributed by atoms with van der Waals surface area (Å²) in [4.78, 5) is 50.4. The van der Waals surface area contributed by atoms with Crippen molar-refractivity contribution in [3.05, 3.63) is 29.3 Å². The molecule has 1 rings (SSSR count). The molecule has 1 N–H and O–H groups in total. The van der Waals surface area contributed by atoms with Gasteiger partial charge in [-0.25, -0.2) is 9.36 Å². The van der Waals surface area contributed by atoms with E-state index in [4.69, 9.17) is 28.8 Å². The van der Waals surface area contributed by atoms with E-state index in [9.17, 15) is 23.8 Å². The van der Waals surface area contributed by atoms with Crippen LogP contribution in [0.1, 0.15) is 155 Å². The van der Waals surface area contributed by atoms with Gasteiger partial charge in [0.05, 0.1) is 34.4 Å². The fraction of sp³-hybridized carbons (Fsp3) is 0.805. The van der Waals surface area contributed by atoms with Gasteiger partial charge in [0.2, 0.25) is 0 Å². The summed E-state index contributed by atoms with van der Waals surface area (Å²) in [5, 5.41) is 0. The number of unbranched alkanes of at least 4 members (excludes halogenated alkanes) is 19. The molecule has 0 aromatic carbocycles. The molecule has 0 amide bonds. The summed E-state index contributed by atoms with van der Waals surface area (Å²) < 4.78 is 39.4. The van der Waals surface area contributed by atoms with E-state index in [0.29, 0.717) is 24.1 Å². The van der Waals surface area contributed by atoms with Crippen molar-refractivity contribution in [1.82, 2.24) is 0 Å². The third-order valence-corrected chi connectivity index (χ3v) is 10.3. The van der Waals surface area contributed by atoms with Crippen LogP contribution in [0.4, 0.5) is 0 Å². The van der Waals surface area contributed by atoms with E-state index in [1.54, 1.807) is 12.2 Å². The predicted octanol–water partition coefficient (Wildman–Crippen LogP) is 8.98. The minimum atomic E-state index is -4.41. The Morgan fingerprint density at radius 1 is 0.709 bits per heavy atom. The van der Waals surface area contributed by atoms with Crippen molar-refractivity contribution < 1.29 is 56.4 Å². The molecule has 0 heterocycles. The van der Waals surface area contributed by atoms with Gasteiger partial charge in [-0.3, -0.25) is 18.6 Å². The van der Waals surface area contributed by atoms with Gasteiger partial charge in [0.15, 0.2) is 6.10 Å². The number of quaternary nitrogens is 1. The van der Waals surface area contributed by atoms with Gasteiger partial charge < -0.3 is 29.1 Å². The second-order valence-electron chi connectivity index (χ2n) is 15.5. The summed E-state index contributed by atoms with van der Waals surface area (Å²) in [7, 11) is 1.38. The summed E-state index contributed by atoms with van der Waals surface area (Å²) in [6.07, 6.45) is 27.0. The molecule has 316 valence electrons. The van der Waals surface area contributed by atoms with Gasteiger partial charge in [-0.05, 0) is 25.3 Å². The van der Waals surface area contributed by atoms with Crippen LogP contribution in [0.25, 0.3) is 5.53 Å². The number of allylic oxidation sites excluding steroid dienone is 3. The van der Waals surface area contributed by atoms with Gasteiger partial charge in [0.25, 0.3) is 0 Å². The molecular weight excluding hydrogens is 725 g/mol. The molecule has 0 aromatic rings. The van der Waals surface area contributed by atoms with Crippen molar-refractivity contribution in [2.75, 3.05) is 54.1 Å². The van der Waals surface area contributed by atoms with E-state index in [2.05, 4.69) is 11.7 Å². The Hall–Kier alpha value is -2.66. The number of rotatable bonds is 36. The zero-order valence-corrected chi connectivity index (χ0v) is 35.4. The first-order valence-corrected chi connectivity index (χ1v) is 22.4. The van der Waals surface area contributed by atoms with Crippen LogP contribution in [-0.2, 0) is 42.2 Å². The molecule has 2 unspecified atom stereocenters. The molecular formula is C41H73N3O10P+. The largest absolute Gasteiger partial charge is 0.472 e. The summed E-state index contributed by atoms with van der Waals surface area (Å²) in [6, 6.07) is 0. The molecule has 55 heavy (non-hydrogen) atoms. The highest BCUT2D eigenvalue weighted by Crippen LogP contribution is 2.43. The molecule has 0 saturated carbocycles. The van der Waals surface area contributed by atoms with Gasteiger partial charge in [0, 0.05) is 18.9 Å². The average molecular weight is 799 g/mol. The fourth-order valence-electron chi connectivity index (χ4n) is 5.90. The number of phosphoric ester groups is 1. The summed E-state index contributed by atoms with van der Waals surface area (Å²) >= 11 is 0. The van der Waals surface area contributed by atoms with Crippen molar-refractivity contribution in [2.24, 2.45) is 0 Å². The Bertz CT molecular complexity index is 1240. The Kier molecular flexibility index (Phi) is 28.8. The zero-order chi connectivity index (χ0) is 40.6. The van der Waals surface area contributed by atoms with Crippen LogP contribution >= 0.6 is 7.82 Å². The maximum absolute atomic E-state index is 12.7. The number of ether oxygens (including phenoxy) is 3. The van der Waals surface area contributed by atoms with Gasteiger partial charge >= 0.3 is 31.4 Å². The van der Waals surface area contributed by atoms with E-state index in [1.807, 2.05) is 21.1 Å². The van der Waals surface area contributed by atoms with Crippen molar-refractivity contribution in [3.63, 3.8) is 0 Å². The molecule has 14 heteroatoms. The average Bonchev–Trinajstić information content (AvgIpc) is 3.62. The lowest BCUT2D eigenvalue weighted by molar-refractivity contribution is -0.870. The molecule has 0 saturated heterocycles. The predicted molar refractivity (Wildman–Crippen MR) is 214 cm³/mol. The second kappa shape index (κ2) is 31.4. The van der Waals surface area contributed by atoms with Crippen molar-refractivity contribution in [2.45, 2.75) is 161 Å². The van der Waals surface area contributed by atoms with Gasteiger partial charge in [-0.1, -0.05) is 129 Å². The Morgan fingerprint density at radius 2 is 1.22 bits per heavy atom. The topological polar surface area (TPSA) is 171 Å². The second-order valence-corrected chi connectivity index (χ2v) is 17.0. The minimum absolute atomic E-state index is 0.00482. The Morgan fingerprint density at radius 3 is 1.75 bits per heavy atom. The number of hydrogen-bond donors (Lipinski definition) is 1. The normalized spacial score (nSPS) is 14.3. The van der Waals surface area contributed by atoms with E-state index < -0.39 is 38.4 Å². The van der Waals surface area contributed by atoms with Crippen molar-refractivity contribution in [3.8, 4) is 0 Å². The lowest BCUT2D eigenvalue weighted by Crippen LogP contribution is -2.37. The van der Waals surface area contributed by atoms with Crippen LogP contribution in [0.15, 0.2) is 23.8 Å². The third kappa shape index (κ3) is 29.3. The number of carbonyl (C=O) groups excluding carboxylic acids is 3. The zero-order valence-electron chi connectivity index (χ0n) is 34.5. The monoisotopic (exact) mass is 799 g/mol. The molecule has 0 aliphatic heterocycles. The third-order valence-electron chi connectivity index (χ3n) is 9.28. The molecule has 1 aliphatic rings. The fourth-order valence-corrected chi connectivity index (χ4v) is 6.64. The van der Waals surface area contributed by atoms with Crippen LogP contribution in [-0.4, -0.2) is 98.0 Å². The van der Waals surface area contributed by atoms with Gasteiger partial charge in [-0.15, -0.1) is 0 Å². The van der Waals surface area contributed by atoms with Crippen molar-refractivity contribution in [1.29, 1.82) is 0 Å². The standard InChI is InChI=1S/C41H72N3O10P/c1-5-6-7-8-9-10-11-12-13-14-17-20-23-29-39(45)51-34-36(35-53-55(48,49)52-33-31-44(2,3)4)54-40(46)30-24-21-18-15-16-19-22-25-32-50-41(47)37-27-26-28-38(37)43-42/h26-28,36H,5-25,29-35H2,1-4H3/p+1. The Labute approximate surface area is 331 Å². The Balaban J connectivity index is 2.29. The molecule has 0 radical (unpaired) electrons. The van der Waals surface area contributed by atoms with E-state index in [-0.39, 0.29) is 37.3 Å². The van der Waals surface area contributed by atoms with Crippen LogP contribution in [0, 0.1) is 0 Å². The maximum atomic E-state index is 12.7. The van der Waals surface area contributed by atoms with E-state index in [1.165, 1.54) is 70.3 Å². The van der Waals surface area contributed by atoms with Crippen LogP contribution in [0.2, 0.25) is 0 Å². The molecule has 1 aliphatic carbocycles. The first-order chi connectivity index (χ1) is 26.4. The summed E-state index contributed by atoms with van der Waals surface area (Å²) in [5.74, 6) is -1.39. The first kappa shape index (κ1) is 50.4. The smallest absolute Gasteiger partial charge is 0.462 e. The number of phosphoric acid groups is 1. The maximum Gasteiger partial charge on any atom is 0.472 e. The molecule has 0 bridgehead atoms. The quantitative estimate of drug-likeness (QED) is 0.0123. The number of likely N-dealkylation sites (N-methyl/N-ethyl adjacent to an activating group) is 1. The highest BCUT2D eigenvalue weighted by molar-refractivity contribution is 7.47. The number of nitrogens with zero attached hydrogens (tertiary/aromatic N) is 3. The highest BCUT2D eigenvalue weighted by Gasteiger charge is 2.27. The lowest BCUT2D eigenvalue weighted by atomic mass is 10.0. The number of hydrogen-bond acceptors (Lipinski definition) is 9. The van der Waals surface area contributed by atoms with Gasteiger partial charge in [-0.2, -0.15) is 4.79 Å². The summed E-state index contributed by atoms with van der Waals surface area (Å²) in [5.41, 5.74) is 9.36. The lowest BCUT2D eigenvalue weighted by Gasteiger charge is -2.24. The molecule has 0 aromatic heterocycles. The minimum Gasteiger partial charge on any atom is -0.462 e. The highest BCUT2D eigenvalue weighted by atomic mass is 31.2. The SMILES string of the molecule is CCCCCCCCCCCCCCCC(=O)OCC(COP(=O)(O)OCC[N+](C)(C)C)OC(=O)CCCCCCCCCCOC(=O)C1=CC=CC1=[N+]=[N-]. The van der Waals surface area contributed by atoms with Crippen LogP contribution in [0.5, 0.6) is 0 Å².